The standard InChI is InChI=1S/C17H21NO3S2/c1-12(2)16(15-8-5-9-22-15)18-17(19)14-7-4-6-13(10-14)11-23(3,20)21/h4-10,12,16H,11H2,1-3H3,(H,18,19). The number of nitrogens with one attached hydrogen (secondary N) is 1. The fourth-order valence-corrected chi connectivity index (χ4v) is 4.10. The zero-order chi connectivity index (χ0) is 17.0. The van der Waals surface area contributed by atoms with Crippen LogP contribution in [0.2, 0.25) is 0 Å². The van der Waals surface area contributed by atoms with Gasteiger partial charge in [-0.1, -0.05) is 32.0 Å². The number of sulfone groups is 1. The predicted octanol–water partition coefficient (Wildman–Crippen LogP) is 3.42. The Hall–Kier alpha value is -1.66. The summed E-state index contributed by atoms with van der Waals surface area (Å²) in [7, 11) is -3.12. The minimum Gasteiger partial charge on any atom is -0.344 e. The highest BCUT2D eigenvalue weighted by molar-refractivity contribution is 7.89. The van der Waals surface area contributed by atoms with E-state index in [9.17, 15) is 13.2 Å². The Balaban J connectivity index is 2.18. The Morgan fingerprint density at radius 1 is 1.22 bits per heavy atom. The first-order valence-corrected chi connectivity index (χ1v) is 10.3. The SMILES string of the molecule is CC(C)C(NC(=O)c1cccc(CS(C)(=O)=O)c1)c1cccs1. The van der Waals surface area contributed by atoms with E-state index >= 15 is 0 Å². The number of amides is 1. The smallest absolute Gasteiger partial charge is 0.251 e. The average Bonchev–Trinajstić information content (AvgIpc) is 2.96. The highest BCUT2D eigenvalue weighted by Gasteiger charge is 2.20. The van der Waals surface area contributed by atoms with Gasteiger partial charge in [0.2, 0.25) is 0 Å². The average molecular weight is 351 g/mol. The lowest BCUT2D eigenvalue weighted by Gasteiger charge is -2.21. The van der Waals surface area contributed by atoms with Gasteiger partial charge in [-0.3, -0.25) is 4.79 Å². The number of benzene rings is 1. The van der Waals surface area contributed by atoms with Crippen molar-refractivity contribution in [1.82, 2.24) is 5.32 Å². The molecule has 1 N–H and O–H groups in total. The minimum absolute atomic E-state index is 0.0546. The molecule has 6 heteroatoms. The number of hydrogen-bond donors (Lipinski definition) is 1. The second-order valence-corrected chi connectivity index (χ2v) is 9.10. The van der Waals surface area contributed by atoms with E-state index in [-0.39, 0.29) is 23.6 Å². The van der Waals surface area contributed by atoms with Gasteiger partial charge < -0.3 is 5.32 Å². The maximum atomic E-state index is 12.5. The van der Waals surface area contributed by atoms with Crippen LogP contribution in [0.4, 0.5) is 0 Å². The van der Waals surface area contributed by atoms with Crippen molar-refractivity contribution in [2.45, 2.75) is 25.6 Å². The molecule has 1 unspecified atom stereocenters. The molecule has 0 spiro atoms. The molecule has 0 aliphatic rings. The van der Waals surface area contributed by atoms with Crippen LogP contribution in [0.1, 0.15) is 40.7 Å². The summed E-state index contributed by atoms with van der Waals surface area (Å²) in [4.78, 5) is 13.6. The largest absolute Gasteiger partial charge is 0.344 e. The van der Waals surface area contributed by atoms with Gasteiger partial charge in [-0.05, 0) is 35.1 Å². The lowest BCUT2D eigenvalue weighted by atomic mass is 10.0. The molecule has 23 heavy (non-hydrogen) atoms. The van der Waals surface area contributed by atoms with Crippen LogP contribution in [0.15, 0.2) is 41.8 Å². The Morgan fingerprint density at radius 2 is 1.96 bits per heavy atom. The summed E-state index contributed by atoms with van der Waals surface area (Å²) in [6.07, 6.45) is 1.19. The molecule has 0 saturated carbocycles. The van der Waals surface area contributed by atoms with Crippen molar-refractivity contribution in [3.63, 3.8) is 0 Å². The van der Waals surface area contributed by atoms with E-state index in [0.29, 0.717) is 11.1 Å². The molecule has 0 fully saturated rings. The number of hydrogen-bond acceptors (Lipinski definition) is 4. The Morgan fingerprint density at radius 3 is 2.52 bits per heavy atom. The summed E-state index contributed by atoms with van der Waals surface area (Å²) in [5.41, 5.74) is 1.10. The summed E-state index contributed by atoms with van der Waals surface area (Å²) in [6.45, 7) is 4.12. The summed E-state index contributed by atoms with van der Waals surface area (Å²) in [5.74, 6) is 0.0105. The number of carbonyl (C=O) groups excluding carboxylic acids is 1. The van der Waals surface area contributed by atoms with Crippen molar-refractivity contribution >= 4 is 27.1 Å². The monoisotopic (exact) mass is 351 g/mol. The van der Waals surface area contributed by atoms with Gasteiger partial charge in [-0.25, -0.2) is 8.42 Å². The molecular formula is C17H21NO3S2. The first-order valence-electron chi connectivity index (χ1n) is 7.37. The Kier molecular flexibility index (Phi) is 5.59. The van der Waals surface area contributed by atoms with Crippen molar-refractivity contribution in [3.05, 3.63) is 57.8 Å². The van der Waals surface area contributed by atoms with Gasteiger partial charge in [0.1, 0.15) is 0 Å². The molecule has 0 aliphatic carbocycles. The summed E-state index contributed by atoms with van der Waals surface area (Å²) in [6, 6.07) is 10.7. The van der Waals surface area contributed by atoms with E-state index in [0.717, 1.165) is 4.88 Å². The molecule has 1 aromatic heterocycles. The van der Waals surface area contributed by atoms with Crippen LogP contribution in [0.25, 0.3) is 0 Å². The topological polar surface area (TPSA) is 63.2 Å². The quantitative estimate of drug-likeness (QED) is 0.867. The molecule has 0 aliphatic heterocycles. The van der Waals surface area contributed by atoms with Gasteiger partial charge >= 0.3 is 0 Å². The van der Waals surface area contributed by atoms with Gasteiger partial charge in [0.25, 0.3) is 5.91 Å². The molecular weight excluding hydrogens is 330 g/mol. The van der Waals surface area contributed by atoms with Gasteiger partial charge in [0.15, 0.2) is 9.84 Å². The van der Waals surface area contributed by atoms with Gasteiger partial charge in [-0.15, -0.1) is 11.3 Å². The first kappa shape index (κ1) is 17.7. The van der Waals surface area contributed by atoms with Gasteiger partial charge in [-0.2, -0.15) is 0 Å². The second-order valence-electron chi connectivity index (χ2n) is 5.98. The predicted molar refractivity (Wildman–Crippen MR) is 94.4 cm³/mol. The lowest BCUT2D eigenvalue weighted by molar-refractivity contribution is 0.0926. The zero-order valence-electron chi connectivity index (χ0n) is 13.4. The van der Waals surface area contributed by atoms with Crippen LogP contribution in [0.5, 0.6) is 0 Å². The highest BCUT2D eigenvalue weighted by Crippen LogP contribution is 2.26. The second kappa shape index (κ2) is 7.27. The zero-order valence-corrected chi connectivity index (χ0v) is 15.1. The maximum absolute atomic E-state index is 12.5. The van der Waals surface area contributed by atoms with Gasteiger partial charge in [0.05, 0.1) is 11.8 Å². The fraction of sp³-hybridized carbons (Fsp3) is 0.353. The molecule has 0 radical (unpaired) electrons. The van der Waals surface area contributed by atoms with Crippen LogP contribution in [0.3, 0.4) is 0 Å². The van der Waals surface area contributed by atoms with E-state index in [1.54, 1.807) is 35.6 Å². The number of rotatable bonds is 6. The molecule has 0 bridgehead atoms. The molecule has 124 valence electrons. The molecule has 1 atom stereocenters. The first-order chi connectivity index (χ1) is 10.8. The van der Waals surface area contributed by atoms with E-state index in [1.807, 2.05) is 17.5 Å². The summed E-state index contributed by atoms with van der Waals surface area (Å²) in [5, 5.41) is 5.04. The van der Waals surface area contributed by atoms with E-state index < -0.39 is 9.84 Å². The van der Waals surface area contributed by atoms with Crippen LogP contribution in [-0.2, 0) is 15.6 Å². The minimum atomic E-state index is -3.12. The molecule has 2 rings (SSSR count). The van der Waals surface area contributed by atoms with E-state index in [2.05, 4.69) is 19.2 Å². The Bertz CT molecular complexity index is 765. The molecule has 4 nitrogen and oxygen atoms in total. The number of carbonyl (C=O) groups is 1. The number of thiophene rings is 1. The van der Waals surface area contributed by atoms with Crippen molar-refractivity contribution in [2.75, 3.05) is 6.26 Å². The molecule has 1 aromatic carbocycles. The normalized spacial score (nSPS) is 13.0. The Labute approximate surface area is 141 Å². The fourth-order valence-electron chi connectivity index (χ4n) is 2.36. The third-order valence-corrected chi connectivity index (χ3v) is 5.23. The molecule has 1 amide bonds. The van der Waals surface area contributed by atoms with Crippen LogP contribution < -0.4 is 5.32 Å². The highest BCUT2D eigenvalue weighted by atomic mass is 32.2. The summed E-state index contributed by atoms with van der Waals surface area (Å²) < 4.78 is 22.8. The van der Waals surface area contributed by atoms with Crippen molar-refractivity contribution in [1.29, 1.82) is 0 Å². The molecule has 0 saturated heterocycles. The maximum Gasteiger partial charge on any atom is 0.251 e. The third kappa shape index (κ3) is 5.18. The molecule has 2 aromatic rings. The van der Waals surface area contributed by atoms with Crippen LogP contribution >= 0.6 is 11.3 Å². The lowest BCUT2D eigenvalue weighted by Crippen LogP contribution is -2.31. The van der Waals surface area contributed by atoms with E-state index in [4.69, 9.17) is 0 Å². The van der Waals surface area contributed by atoms with Crippen molar-refractivity contribution in [2.24, 2.45) is 5.92 Å². The molecule has 1 heterocycles. The third-order valence-electron chi connectivity index (χ3n) is 3.42. The van der Waals surface area contributed by atoms with Gasteiger partial charge in [0, 0.05) is 16.7 Å². The van der Waals surface area contributed by atoms with Crippen molar-refractivity contribution < 1.29 is 13.2 Å². The van der Waals surface area contributed by atoms with Crippen LogP contribution in [-0.4, -0.2) is 20.6 Å². The van der Waals surface area contributed by atoms with E-state index in [1.165, 1.54) is 6.26 Å². The van der Waals surface area contributed by atoms with Crippen LogP contribution in [0, 0.1) is 5.92 Å². The summed E-state index contributed by atoms with van der Waals surface area (Å²) >= 11 is 1.61. The van der Waals surface area contributed by atoms with Crippen molar-refractivity contribution in [3.8, 4) is 0 Å².